The van der Waals surface area contributed by atoms with Crippen molar-refractivity contribution in [1.29, 1.82) is 0 Å². The molecule has 0 amide bonds. The predicted molar refractivity (Wildman–Crippen MR) is 74.7 cm³/mol. The molecule has 7 nitrogen and oxygen atoms in total. The summed E-state index contributed by atoms with van der Waals surface area (Å²) in [6, 6.07) is 5.90. The van der Waals surface area contributed by atoms with Crippen LogP contribution in [0.1, 0.15) is 6.42 Å². The Hall–Kier alpha value is -1.80. The van der Waals surface area contributed by atoms with Crippen molar-refractivity contribution in [3.8, 4) is 5.75 Å². The van der Waals surface area contributed by atoms with E-state index in [0.717, 1.165) is 8.61 Å². The normalized spacial score (nSPS) is 11.4. The van der Waals surface area contributed by atoms with Crippen molar-refractivity contribution in [1.82, 2.24) is 4.31 Å². The van der Waals surface area contributed by atoms with Crippen molar-refractivity contribution in [2.75, 3.05) is 32.1 Å². The van der Waals surface area contributed by atoms with Gasteiger partial charge in [-0.2, -0.15) is 12.7 Å². The van der Waals surface area contributed by atoms with E-state index in [0.29, 0.717) is 5.69 Å². The van der Waals surface area contributed by atoms with Crippen molar-refractivity contribution < 1.29 is 23.1 Å². The molecule has 1 aromatic rings. The molecule has 1 rings (SSSR count). The number of aromatic hydroxyl groups is 1. The second kappa shape index (κ2) is 6.58. The maximum absolute atomic E-state index is 12.3. The highest BCUT2D eigenvalue weighted by molar-refractivity contribution is 7.90. The summed E-state index contributed by atoms with van der Waals surface area (Å²) >= 11 is 0. The van der Waals surface area contributed by atoms with Crippen molar-refractivity contribution >= 4 is 21.9 Å². The lowest BCUT2D eigenvalue weighted by molar-refractivity contribution is -0.140. The highest BCUT2D eigenvalue weighted by atomic mass is 32.2. The molecule has 0 aromatic heterocycles. The number of anilines is 1. The van der Waals surface area contributed by atoms with Crippen LogP contribution in [0.5, 0.6) is 5.75 Å². The number of carbonyl (C=O) groups excluding carboxylic acids is 1. The lowest BCUT2D eigenvalue weighted by Crippen LogP contribution is -2.40. The highest BCUT2D eigenvalue weighted by Gasteiger charge is 2.24. The Morgan fingerprint density at radius 3 is 2.55 bits per heavy atom. The standard InChI is InChI=1S/C12H18N2O5S/c1-13(8-7-12(16)19-3)20(17,18)14(2)10-5-4-6-11(15)9-10/h4-6,9,15H,7-8H2,1-3H3. The molecule has 0 saturated heterocycles. The first-order valence-electron chi connectivity index (χ1n) is 5.85. The lowest BCUT2D eigenvalue weighted by Gasteiger charge is -2.25. The molecule has 0 atom stereocenters. The van der Waals surface area contributed by atoms with Gasteiger partial charge in [-0.05, 0) is 12.1 Å². The van der Waals surface area contributed by atoms with Gasteiger partial charge in [-0.1, -0.05) is 6.07 Å². The van der Waals surface area contributed by atoms with Gasteiger partial charge in [0.15, 0.2) is 0 Å². The predicted octanol–water partition coefficient (Wildman–Crippen LogP) is 0.568. The second-order valence-corrected chi connectivity index (χ2v) is 6.21. The van der Waals surface area contributed by atoms with E-state index in [1.54, 1.807) is 12.1 Å². The molecule has 0 aliphatic rings. The Morgan fingerprint density at radius 1 is 1.35 bits per heavy atom. The first-order chi connectivity index (χ1) is 9.28. The molecule has 0 aliphatic carbocycles. The van der Waals surface area contributed by atoms with E-state index in [1.165, 1.54) is 33.3 Å². The summed E-state index contributed by atoms with van der Waals surface area (Å²) in [4.78, 5) is 11.0. The summed E-state index contributed by atoms with van der Waals surface area (Å²) < 4.78 is 31.1. The van der Waals surface area contributed by atoms with Gasteiger partial charge < -0.3 is 9.84 Å². The van der Waals surface area contributed by atoms with Crippen molar-refractivity contribution in [2.24, 2.45) is 0 Å². The third kappa shape index (κ3) is 3.84. The molecule has 0 aliphatic heterocycles. The van der Waals surface area contributed by atoms with E-state index in [-0.39, 0.29) is 18.7 Å². The van der Waals surface area contributed by atoms with Gasteiger partial charge in [0.2, 0.25) is 0 Å². The van der Waals surface area contributed by atoms with Crippen LogP contribution in [0.25, 0.3) is 0 Å². The second-order valence-electron chi connectivity index (χ2n) is 4.14. The van der Waals surface area contributed by atoms with Gasteiger partial charge in [0.25, 0.3) is 0 Å². The van der Waals surface area contributed by atoms with Crippen molar-refractivity contribution in [3.63, 3.8) is 0 Å². The van der Waals surface area contributed by atoms with Crippen LogP contribution in [0.15, 0.2) is 24.3 Å². The topological polar surface area (TPSA) is 87.2 Å². The molecule has 0 bridgehead atoms. The maximum Gasteiger partial charge on any atom is 0.306 e. The van der Waals surface area contributed by atoms with Gasteiger partial charge in [-0.25, -0.2) is 0 Å². The number of phenolic OH excluding ortho intramolecular Hbond substituents is 1. The molecule has 0 unspecified atom stereocenters. The lowest BCUT2D eigenvalue weighted by atomic mass is 10.3. The number of phenols is 1. The van der Waals surface area contributed by atoms with E-state index in [2.05, 4.69) is 4.74 Å². The minimum Gasteiger partial charge on any atom is -0.508 e. The number of benzene rings is 1. The number of hydrogen-bond acceptors (Lipinski definition) is 5. The quantitative estimate of drug-likeness (QED) is 0.776. The fraction of sp³-hybridized carbons (Fsp3) is 0.417. The van der Waals surface area contributed by atoms with Gasteiger partial charge in [-0.15, -0.1) is 0 Å². The Kier molecular flexibility index (Phi) is 5.34. The highest BCUT2D eigenvalue weighted by Crippen LogP contribution is 2.22. The SMILES string of the molecule is COC(=O)CCN(C)S(=O)(=O)N(C)c1cccc(O)c1. The molecule has 0 fully saturated rings. The Morgan fingerprint density at radius 2 is 2.00 bits per heavy atom. The van der Waals surface area contributed by atoms with E-state index in [9.17, 15) is 18.3 Å². The Labute approximate surface area is 118 Å². The van der Waals surface area contributed by atoms with Crippen LogP contribution in [0, 0.1) is 0 Å². The molecular weight excluding hydrogens is 284 g/mol. The molecule has 1 N–H and O–H groups in total. The Bertz CT molecular complexity index is 573. The summed E-state index contributed by atoms with van der Waals surface area (Å²) in [6.07, 6.45) is -0.0277. The van der Waals surface area contributed by atoms with Gasteiger partial charge in [0, 0.05) is 26.7 Å². The summed E-state index contributed by atoms with van der Waals surface area (Å²) in [5, 5.41) is 9.38. The molecule has 1 aromatic carbocycles. The van der Waals surface area contributed by atoms with Crippen molar-refractivity contribution in [2.45, 2.75) is 6.42 Å². The minimum absolute atomic E-state index is 0.0121. The maximum atomic E-state index is 12.3. The van der Waals surface area contributed by atoms with Crippen LogP contribution in [-0.4, -0.2) is 51.5 Å². The van der Waals surface area contributed by atoms with E-state index in [1.807, 2.05) is 0 Å². The van der Waals surface area contributed by atoms with E-state index < -0.39 is 16.2 Å². The van der Waals surface area contributed by atoms with Crippen LogP contribution >= 0.6 is 0 Å². The van der Waals surface area contributed by atoms with Crippen molar-refractivity contribution in [3.05, 3.63) is 24.3 Å². The van der Waals surface area contributed by atoms with Gasteiger partial charge in [0.05, 0.1) is 19.2 Å². The fourth-order valence-corrected chi connectivity index (χ4v) is 2.62. The number of nitrogens with zero attached hydrogens (tertiary/aromatic N) is 2. The average molecular weight is 302 g/mol. The van der Waals surface area contributed by atoms with E-state index >= 15 is 0 Å². The number of carbonyl (C=O) groups is 1. The monoisotopic (exact) mass is 302 g/mol. The third-order valence-electron chi connectivity index (χ3n) is 2.79. The number of hydrogen-bond donors (Lipinski definition) is 1. The molecule has 8 heteroatoms. The van der Waals surface area contributed by atoms with Crippen LogP contribution in [0.3, 0.4) is 0 Å². The zero-order valence-electron chi connectivity index (χ0n) is 11.6. The van der Waals surface area contributed by atoms with Gasteiger partial charge >= 0.3 is 16.2 Å². The van der Waals surface area contributed by atoms with Crippen LogP contribution < -0.4 is 4.31 Å². The molecular formula is C12H18N2O5S. The summed E-state index contributed by atoms with van der Waals surface area (Å²) in [5.41, 5.74) is 0.329. The van der Waals surface area contributed by atoms with Crippen LogP contribution in [-0.2, 0) is 19.7 Å². The molecule has 112 valence electrons. The first kappa shape index (κ1) is 16.3. The summed E-state index contributed by atoms with van der Waals surface area (Å²) in [7, 11) is 0.227. The van der Waals surface area contributed by atoms with Gasteiger partial charge in [0.1, 0.15) is 5.75 Å². The number of ether oxygens (including phenoxy) is 1. The number of esters is 1. The summed E-state index contributed by atoms with van der Waals surface area (Å²) in [5.74, 6) is -0.506. The van der Waals surface area contributed by atoms with E-state index in [4.69, 9.17) is 0 Å². The molecule has 0 saturated carbocycles. The largest absolute Gasteiger partial charge is 0.508 e. The minimum atomic E-state index is -3.76. The molecule has 0 radical (unpaired) electrons. The van der Waals surface area contributed by atoms with Crippen LogP contribution in [0.4, 0.5) is 5.69 Å². The smallest absolute Gasteiger partial charge is 0.306 e. The zero-order valence-corrected chi connectivity index (χ0v) is 12.4. The zero-order chi connectivity index (χ0) is 15.3. The molecule has 0 spiro atoms. The molecule has 20 heavy (non-hydrogen) atoms. The van der Waals surface area contributed by atoms with Gasteiger partial charge in [-0.3, -0.25) is 9.10 Å². The number of rotatable bonds is 6. The Balaban J connectivity index is 2.84. The third-order valence-corrected chi connectivity index (χ3v) is 4.67. The average Bonchev–Trinajstić information content (AvgIpc) is 2.43. The fourth-order valence-electron chi connectivity index (χ4n) is 1.50. The number of methoxy groups -OCH3 is 1. The van der Waals surface area contributed by atoms with Crippen LogP contribution in [0.2, 0.25) is 0 Å². The molecule has 0 heterocycles. The summed E-state index contributed by atoms with van der Waals surface area (Å²) in [6.45, 7) is 0.0121. The first-order valence-corrected chi connectivity index (χ1v) is 7.24.